The third-order valence-corrected chi connectivity index (χ3v) is 8.53. The fraction of sp³-hybridized carbons (Fsp3) is 0.640. The lowest BCUT2D eigenvalue weighted by Gasteiger charge is -2.51. The number of rotatable bonds is 5. The van der Waals surface area contributed by atoms with E-state index in [0.29, 0.717) is 11.8 Å². The van der Waals surface area contributed by atoms with E-state index in [1.165, 1.54) is 5.56 Å². The Balaban J connectivity index is 1.48. The predicted molar refractivity (Wildman–Crippen MR) is 115 cm³/mol. The van der Waals surface area contributed by atoms with Crippen LogP contribution in [0.1, 0.15) is 63.1 Å². The molecule has 5 nitrogen and oxygen atoms in total. The summed E-state index contributed by atoms with van der Waals surface area (Å²) in [4.78, 5) is 4.46. The Morgan fingerprint density at radius 1 is 1.33 bits per heavy atom. The molecule has 1 aromatic heterocycles. The van der Waals surface area contributed by atoms with Crippen molar-refractivity contribution < 1.29 is 14.6 Å². The van der Waals surface area contributed by atoms with Gasteiger partial charge in [0.25, 0.3) is 0 Å². The predicted octanol–water partition coefficient (Wildman–Crippen LogP) is 4.38. The summed E-state index contributed by atoms with van der Waals surface area (Å²) in [5.74, 6) is 2.94. The molecule has 2 aliphatic carbocycles. The second kappa shape index (κ2) is 7.10. The average Bonchev–Trinajstić information content (AvgIpc) is 3.41. The van der Waals surface area contributed by atoms with Crippen molar-refractivity contribution in [2.75, 3.05) is 13.7 Å². The summed E-state index contributed by atoms with van der Waals surface area (Å²) in [7, 11) is 1.73. The molecule has 5 atom stereocenters. The molecule has 162 valence electrons. The minimum Gasteiger partial charge on any atom is -0.496 e. The highest BCUT2D eigenvalue weighted by Crippen LogP contribution is 2.70. The van der Waals surface area contributed by atoms with Crippen LogP contribution in [0.4, 0.5) is 0 Å². The molecule has 2 aromatic rings. The number of hydrogen-bond donors (Lipinski definition) is 1. The fourth-order valence-electron chi connectivity index (χ4n) is 6.83. The molecule has 1 aromatic carbocycles. The highest BCUT2D eigenvalue weighted by atomic mass is 16.5. The average molecular weight is 411 g/mol. The summed E-state index contributed by atoms with van der Waals surface area (Å²) < 4.78 is 14.2. The lowest BCUT2D eigenvalue weighted by molar-refractivity contribution is -0.164. The zero-order valence-corrected chi connectivity index (χ0v) is 18.6. The van der Waals surface area contributed by atoms with Crippen LogP contribution in [0.3, 0.4) is 0 Å². The molecule has 30 heavy (non-hydrogen) atoms. The van der Waals surface area contributed by atoms with E-state index in [4.69, 9.17) is 9.47 Å². The number of aromatic nitrogens is 2. The number of ether oxygens (including phenoxy) is 2. The van der Waals surface area contributed by atoms with Crippen molar-refractivity contribution in [1.29, 1.82) is 0 Å². The molecule has 1 saturated heterocycles. The van der Waals surface area contributed by atoms with Crippen molar-refractivity contribution in [3.8, 4) is 5.75 Å². The molecule has 0 amide bonds. The lowest BCUT2D eigenvalue weighted by atomic mass is 9.60. The van der Waals surface area contributed by atoms with Crippen LogP contribution in [-0.2, 0) is 17.7 Å². The van der Waals surface area contributed by atoms with Crippen molar-refractivity contribution in [3.05, 3.63) is 47.5 Å². The van der Waals surface area contributed by atoms with E-state index < -0.39 is 0 Å². The quantitative estimate of drug-likeness (QED) is 0.795. The summed E-state index contributed by atoms with van der Waals surface area (Å²) in [5, 5.41) is 11.3. The fourth-order valence-corrected chi connectivity index (χ4v) is 6.83. The van der Waals surface area contributed by atoms with Crippen molar-refractivity contribution >= 4 is 0 Å². The molecule has 2 saturated carbocycles. The zero-order chi connectivity index (χ0) is 21.1. The molecule has 5 rings (SSSR count). The Bertz CT molecular complexity index is 936. The normalized spacial score (nSPS) is 34.2. The molecular weight excluding hydrogens is 376 g/mol. The highest BCUT2D eigenvalue weighted by Gasteiger charge is 2.68. The first-order valence-electron chi connectivity index (χ1n) is 11.4. The Kier molecular flexibility index (Phi) is 4.75. The molecule has 5 heteroatoms. The molecule has 2 heterocycles. The standard InChI is InChI=1S/C25H34N2O3/c1-5-21-26-9-10-27(21)15-17-12-16(6-7-20(17)29-4)22-19-13-18-14-25(19,8-11-30-22)23(28)24(18,2)3/h6-7,9-10,12,18-19,22-23,28H,5,8,11,13-15H2,1-4H3/t18-,19-,22-,23-,25?/m1/s1. The van der Waals surface area contributed by atoms with Crippen LogP contribution in [0.2, 0.25) is 0 Å². The number of benzene rings is 1. The van der Waals surface area contributed by atoms with Crippen LogP contribution in [0.5, 0.6) is 5.75 Å². The van der Waals surface area contributed by atoms with E-state index in [1.54, 1.807) is 7.11 Å². The Morgan fingerprint density at radius 2 is 2.17 bits per heavy atom. The maximum Gasteiger partial charge on any atom is 0.123 e. The van der Waals surface area contributed by atoms with Crippen LogP contribution in [-0.4, -0.2) is 34.5 Å². The Labute approximate surface area is 179 Å². The van der Waals surface area contributed by atoms with Gasteiger partial charge in [0.05, 0.1) is 25.9 Å². The Morgan fingerprint density at radius 3 is 2.90 bits per heavy atom. The van der Waals surface area contributed by atoms with E-state index in [9.17, 15) is 5.11 Å². The first-order chi connectivity index (χ1) is 14.4. The summed E-state index contributed by atoms with van der Waals surface area (Å²) in [6.45, 7) is 8.09. The van der Waals surface area contributed by atoms with Crippen LogP contribution in [0, 0.1) is 22.7 Å². The number of aryl methyl sites for hydroxylation is 1. The first kappa shape index (κ1) is 20.1. The van der Waals surface area contributed by atoms with Gasteiger partial charge in [-0.2, -0.15) is 0 Å². The first-order valence-corrected chi connectivity index (χ1v) is 11.4. The van der Waals surface area contributed by atoms with Crippen molar-refractivity contribution in [2.24, 2.45) is 22.7 Å². The van der Waals surface area contributed by atoms with E-state index in [0.717, 1.165) is 56.0 Å². The van der Waals surface area contributed by atoms with E-state index in [1.807, 2.05) is 12.4 Å². The second-order valence-corrected chi connectivity index (χ2v) is 10.1. The van der Waals surface area contributed by atoms with E-state index >= 15 is 0 Å². The van der Waals surface area contributed by atoms with Gasteiger partial charge in [0.1, 0.15) is 11.6 Å². The number of hydrogen-bond acceptors (Lipinski definition) is 4. The van der Waals surface area contributed by atoms with Crippen molar-refractivity contribution in [2.45, 2.75) is 65.2 Å². The van der Waals surface area contributed by atoms with E-state index in [2.05, 4.69) is 48.5 Å². The van der Waals surface area contributed by atoms with Gasteiger partial charge in [0.2, 0.25) is 0 Å². The number of imidazole rings is 1. The van der Waals surface area contributed by atoms with Crippen molar-refractivity contribution in [1.82, 2.24) is 9.55 Å². The number of aliphatic hydroxyl groups is 1. The van der Waals surface area contributed by atoms with Gasteiger partial charge in [-0.15, -0.1) is 0 Å². The molecular formula is C25H34N2O3. The monoisotopic (exact) mass is 410 g/mol. The SMILES string of the molecule is CCc1nccn1Cc1cc([C@H]2OCCC34C[C@@H](C[C@H]23)C(C)(C)[C@H]4O)ccc1OC. The summed E-state index contributed by atoms with van der Waals surface area (Å²) in [6.07, 6.45) is 7.88. The van der Waals surface area contributed by atoms with Gasteiger partial charge in [-0.1, -0.05) is 26.8 Å². The van der Waals surface area contributed by atoms with Gasteiger partial charge in [0.15, 0.2) is 0 Å². The molecule has 1 unspecified atom stereocenters. The molecule has 3 fully saturated rings. The smallest absolute Gasteiger partial charge is 0.123 e. The number of fused-ring (bicyclic) bond motifs is 1. The van der Waals surface area contributed by atoms with Crippen LogP contribution in [0.15, 0.2) is 30.6 Å². The molecule has 3 aliphatic rings. The third kappa shape index (κ3) is 2.78. The van der Waals surface area contributed by atoms with Crippen LogP contribution in [0.25, 0.3) is 0 Å². The zero-order valence-electron chi connectivity index (χ0n) is 18.6. The van der Waals surface area contributed by atoms with E-state index in [-0.39, 0.29) is 23.0 Å². The largest absolute Gasteiger partial charge is 0.496 e. The number of methoxy groups -OCH3 is 1. The Hall–Kier alpha value is -1.85. The molecule has 1 spiro atoms. The van der Waals surface area contributed by atoms with Gasteiger partial charge >= 0.3 is 0 Å². The number of aliphatic hydroxyl groups excluding tert-OH is 1. The summed E-state index contributed by atoms with van der Waals surface area (Å²) in [5.41, 5.74) is 2.39. The summed E-state index contributed by atoms with van der Waals surface area (Å²) in [6, 6.07) is 6.49. The molecule has 2 bridgehead atoms. The topological polar surface area (TPSA) is 56.5 Å². The molecule has 1 N–H and O–H groups in total. The van der Waals surface area contributed by atoms with Gasteiger partial charge in [0, 0.05) is 36.4 Å². The molecule has 0 radical (unpaired) electrons. The lowest BCUT2D eigenvalue weighted by Crippen LogP contribution is -2.51. The van der Waals surface area contributed by atoms with Gasteiger partial charge < -0.3 is 19.1 Å². The minimum absolute atomic E-state index is 0.0108. The van der Waals surface area contributed by atoms with Crippen LogP contribution >= 0.6 is 0 Å². The van der Waals surface area contributed by atoms with Crippen molar-refractivity contribution in [3.63, 3.8) is 0 Å². The maximum absolute atomic E-state index is 11.3. The maximum atomic E-state index is 11.3. The van der Waals surface area contributed by atoms with Gasteiger partial charge in [-0.25, -0.2) is 4.98 Å². The molecule has 1 aliphatic heterocycles. The number of nitrogens with zero attached hydrogens (tertiary/aromatic N) is 2. The third-order valence-electron chi connectivity index (χ3n) is 8.53. The minimum atomic E-state index is -0.240. The second-order valence-electron chi connectivity index (χ2n) is 10.1. The van der Waals surface area contributed by atoms with Crippen LogP contribution < -0.4 is 4.74 Å². The van der Waals surface area contributed by atoms with Gasteiger partial charge in [-0.3, -0.25) is 0 Å². The summed E-state index contributed by atoms with van der Waals surface area (Å²) >= 11 is 0. The highest BCUT2D eigenvalue weighted by molar-refractivity contribution is 5.39. The van der Waals surface area contributed by atoms with Gasteiger partial charge in [-0.05, 0) is 54.2 Å².